The third-order valence-corrected chi connectivity index (χ3v) is 11.8. The van der Waals surface area contributed by atoms with Gasteiger partial charge in [-0.2, -0.15) is 4.58 Å². The molecule has 3 aliphatic rings. The third kappa shape index (κ3) is 6.08. The summed E-state index contributed by atoms with van der Waals surface area (Å²) in [6.07, 6.45) is 5.15. The molecule has 3 aromatic rings. The van der Waals surface area contributed by atoms with Crippen molar-refractivity contribution in [2.45, 2.75) is 64.2 Å². The number of likely N-dealkylation sites (N-methyl/N-ethyl adjacent to an activating group) is 1. The molecule has 50 heavy (non-hydrogen) atoms. The van der Waals surface area contributed by atoms with Crippen LogP contribution in [0.3, 0.4) is 0 Å². The number of fused-ring (bicyclic) bond motifs is 2. The highest BCUT2D eigenvalue weighted by molar-refractivity contribution is 7.61. The van der Waals surface area contributed by atoms with Gasteiger partial charge in [0.2, 0.25) is 5.69 Å². The minimum atomic E-state index is -4.03. The second kappa shape index (κ2) is 13.0. The Bertz CT molecular complexity index is 2090. The van der Waals surface area contributed by atoms with Crippen molar-refractivity contribution in [1.82, 2.24) is 0 Å². The molecule has 6 rings (SSSR count). The first-order chi connectivity index (χ1) is 23.6. The first kappa shape index (κ1) is 35.3. The molecule has 0 amide bonds. The topological polar surface area (TPSA) is 130 Å². The lowest BCUT2D eigenvalue weighted by Crippen LogP contribution is -2.34. The smallest absolute Gasteiger partial charge is 0.358 e. The molecule has 1 aliphatic carbocycles. The van der Waals surface area contributed by atoms with Gasteiger partial charge in [0.15, 0.2) is 11.5 Å². The molecular formula is C40H43N2O7P. The fourth-order valence-corrected chi connectivity index (χ4v) is 8.41. The zero-order chi connectivity index (χ0) is 36.2. The number of Topliss-reactive ketones (excluding diaryl/α,β-unsaturated/α-hetero) is 1. The predicted molar refractivity (Wildman–Crippen MR) is 193 cm³/mol. The lowest BCUT2D eigenvalue weighted by molar-refractivity contribution is -0.401. The van der Waals surface area contributed by atoms with Crippen molar-refractivity contribution < 1.29 is 38.4 Å². The summed E-state index contributed by atoms with van der Waals surface area (Å²) >= 11 is 0. The molecule has 0 saturated carbocycles. The molecule has 0 saturated heterocycles. The number of carboxylic acids is 1. The Morgan fingerprint density at radius 1 is 0.940 bits per heavy atom. The van der Waals surface area contributed by atoms with E-state index in [9.17, 15) is 24.2 Å². The highest BCUT2D eigenvalue weighted by Gasteiger charge is 2.45. The van der Waals surface area contributed by atoms with Crippen LogP contribution in [-0.4, -0.2) is 52.7 Å². The van der Waals surface area contributed by atoms with Gasteiger partial charge in [0.1, 0.15) is 7.05 Å². The van der Waals surface area contributed by atoms with Gasteiger partial charge < -0.3 is 24.5 Å². The highest BCUT2D eigenvalue weighted by Crippen LogP contribution is 2.50. The van der Waals surface area contributed by atoms with Crippen molar-refractivity contribution in [2.75, 3.05) is 25.6 Å². The number of para-hydroxylation sites is 1. The maximum absolute atomic E-state index is 13.5. The van der Waals surface area contributed by atoms with E-state index in [1.807, 2.05) is 49.3 Å². The van der Waals surface area contributed by atoms with Crippen molar-refractivity contribution in [3.8, 4) is 11.1 Å². The largest absolute Gasteiger partial charge is 0.871 e. The average Bonchev–Trinajstić information content (AvgIpc) is 3.40. The number of unbranched alkanes of at least 4 members (excludes halogenated alkanes) is 2. The van der Waals surface area contributed by atoms with Gasteiger partial charge in [-0.05, 0) is 73.7 Å². The molecule has 1 unspecified atom stereocenters. The number of carbonyl (C=O) groups is 2. The third-order valence-electron chi connectivity index (χ3n) is 10.3. The molecule has 3 aromatic carbocycles. The standard InChI is InChI=1S/C40H43N2O7P/c1-39(2)30-12-9-10-13-32(30)41(5)34(39)23-28-37(45)29(38(28)46)24-35-40(3,4)31-22-26(17-20-33(31)42(35)6)25-15-18-27(19-16-25)50(47,48)49-21-11-7-8-14-36(43)44/h9-10,12-13,15-20,22-24H,7-8,11,14,21H2,1-6H3,(H2-,43,44,45,46,47,48). The Balaban J connectivity index is 1.20. The predicted octanol–water partition coefficient (Wildman–Crippen LogP) is 6.27. The van der Waals surface area contributed by atoms with E-state index in [1.165, 1.54) is 0 Å². The maximum atomic E-state index is 13.5. The number of aliphatic carboxylic acids is 1. The number of benzene rings is 3. The number of ketones is 1. The van der Waals surface area contributed by atoms with Gasteiger partial charge in [-0.1, -0.05) is 62.4 Å². The summed E-state index contributed by atoms with van der Waals surface area (Å²) in [6, 6.07) is 21.0. The van der Waals surface area contributed by atoms with Crippen LogP contribution in [0.4, 0.5) is 11.4 Å². The van der Waals surface area contributed by atoms with Gasteiger partial charge in [0.25, 0.3) is 0 Å². The molecule has 9 nitrogen and oxygen atoms in total. The van der Waals surface area contributed by atoms with Gasteiger partial charge in [-0.3, -0.25) is 14.2 Å². The molecule has 260 valence electrons. The fraction of sp³-hybridized carbons (Fsp3) is 0.325. The van der Waals surface area contributed by atoms with Crippen LogP contribution in [-0.2, 0) is 29.5 Å². The minimum Gasteiger partial charge on any atom is -0.871 e. The summed E-state index contributed by atoms with van der Waals surface area (Å²) in [6.45, 7) is 8.42. The van der Waals surface area contributed by atoms with Gasteiger partial charge in [-0.15, -0.1) is 0 Å². The molecular weight excluding hydrogens is 651 g/mol. The Kier molecular flexibility index (Phi) is 9.14. The Morgan fingerprint density at radius 2 is 1.62 bits per heavy atom. The number of rotatable bonds is 11. The second-order valence-electron chi connectivity index (χ2n) is 14.3. The molecule has 10 heteroatoms. The number of hydrogen-bond donors (Lipinski definition) is 2. The van der Waals surface area contributed by atoms with Crippen LogP contribution < -0.4 is 15.3 Å². The van der Waals surface area contributed by atoms with Crippen LogP contribution in [0.2, 0.25) is 0 Å². The second-order valence-corrected chi connectivity index (χ2v) is 16.1. The number of nitrogens with zero attached hydrogens (tertiary/aromatic N) is 2. The summed E-state index contributed by atoms with van der Waals surface area (Å²) in [4.78, 5) is 36.7. The molecule has 2 heterocycles. The number of carboxylic acid groups (broad SMARTS) is 1. The van der Waals surface area contributed by atoms with Crippen molar-refractivity contribution in [3.05, 3.63) is 113 Å². The van der Waals surface area contributed by atoms with Gasteiger partial charge >= 0.3 is 13.6 Å². The molecule has 0 radical (unpaired) electrons. The van der Waals surface area contributed by atoms with E-state index in [4.69, 9.17) is 9.63 Å². The fourth-order valence-electron chi connectivity index (χ4n) is 7.36. The summed E-state index contributed by atoms with van der Waals surface area (Å²) in [5.41, 5.74) is 7.27. The van der Waals surface area contributed by atoms with Crippen LogP contribution in [0.25, 0.3) is 11.1 Å². The van der Waals surface area contributed by atoms with Crippen molar-refractivity contribution in [3.63, 3.8) is 0 Å². The number of carbonyl (C=O) groups excluding carboxylic acids is 1. The molecule has 2 aliphatic heterocycles. The van der Waals surface area contributed by atoms with Gasteiger partial charge in [0.05, 0.1) is 17.3 Å². The highest BCUT2D eigenvalue weighted by atomic mass is 31.2. The lowest BCUT2D eigenvalue weighted by atomic mass is 9.77. The lowest BCUT2D eigenvalue weighted by Gasteiger charge is -2.32. The van der Waals surface area contributed by atoms with Crippen LogP contribution in [0, 0.1) is 0 Å². The first-order valence-electron chi connectivity index (χ1n) is 16.8. The maximum Gasteiger partial charge on any atom is 0.358 e. The SMILES string of the molecule is CN1/C(=C\C2=C([O-])C(=C/C3=[N+](C)c4ccccc4C3(C)C)/C2=O)C(C)(C)c2cc(-c3ccc(P(=O)(O)OCCCCCC(=O)O)cc3)ccc21. The van der Waals surface area contributed by atoms with Gasteiger partial charge in [0, 0.05) is 59.1 Å². The molecule has 1 atom stereocenters. The monoisotopic (exact) mass is 694 g/mol. The molecule has 0 aromatic heterocycles. The minimum absolute atomic E-state index is 0.0656. The molecule has 0 spiro atoms. The van der Waals surface area contributed by atoms with Crippen molar-refractivity contribution >= 4 is 41.7 Å². The average molecular weight is 695 g/mol. The van der Waals surface area contributed by atoms with Crippen LogP contribution in [0.15, 0.2) is 101 Å². The van der Waals surface area contributed by atoms with Crippen molar-refractivity contribution in [2.24, 2.45) is 0 Å². The summed E-state index contributed by atoms with van der Waals surface area (Å²) < 4.78 is 20.2. The van der Waals surface area contributed by atoms with E-state index in [0.29, 0.717) is 19.3 Å². The molecule has 0 fully saturated rings. The number of allylic oxidation sites excluding steroid dienone is 5. The van der Waals surface area contributed by atoms with E-state index in [2.05, 4.69) is 44.4 Å². The normalized spacial score (nSPS) is 20.3. The number of anilines is 1. The van der Waals surface area contributed by atoms with Crippen molar-refractivity contribution in [1.29, 1.82) is 0 Å². The van der Waals surface area contributed by atoms with Crippen LogP contribution in [0.5, 0.6) is 0 Å². The number of hydrogen-bond acceptors (Lipinski definition) is 6. The van der Waals surface area contributed by atoms with E-state index in [0.717, 1.165) is 45.0 Å². The quantitative estimate of drug-likeness (QED) is 0.104. The Morgan fingerprint density at radius 3 is 2.28 bits per heavy atom. The van der Waals surface area contributed by atoms with Crippen LogP contribution >= 0.6 is 7.60 Å². The van der Waals surface area contributed by atoms with E-state index in [1.54, 1.807) is 36.4 Å². The Labute approximate surface area is 293 Å². The summed E-state index contributed by atoms with van der Waals surface area (Å²) in [7, 11) is -0.125. The first-order valence-corrected chi connectivity index (χ1v) is 18.4. The Hall–Kier alpha value is -4.56. The summed E-state index contributed by atoms with van der Waals surface area (Å²) in [5.74, 6) is -1.36. The zero-order valence-corrected chi connectivity index (χ0v) is 30.2. The van der Waals surface area contributed by atoms with Gasteiger partial charge in [-0.25, -0.2) is 0 Å². The zero-order valence-electron chi connectivity index (χ0n) is 29.3. The van der Waals surface area contributed by atoms with E-state index >= 15 is 0 Å². The van der Waals surface area contributed by atoms with E-state index in [-0.39, 0.29) is 46.4 Å². The van der Waals surface area contributed by atoms with Crippen LogP contribution in [0.1, 0.15) is 64.5 Å². The molecule has 0 bridgehead atoms. The van der Waals surface area contributed by atoms with E-state index < -0.39 is 19.0 Å². The molecule has 2 N–H and O–H groups in total. The summed E-state index contributed by atoms with van der Waals surface area (Å²) in [5, 5.41) is 22.4.